The van der Waals surface area contributed by atoms with E-state index in [1.165, 1.54) is 9.47 Å². The predicted molar refractivity (Wildman–Crippen MR) is 145 cm³/mol. The summed E-state index contributed by atoms with van der Waals surface area (Å²) in [6.45, 7) is 4.39. The Morgan fingerprint density at radius 1 is 0.919 bits per heavy atom. The highest BCUT2D eigenvalue weighted by Gasteiger charge is 2.24. The summed E-state index contributed by atoms with van der Waals surface area (Å²) in [5, 5.41) is 0. The molecule has 0 radical (unpaired) electrons. The van der Waals surface area contributed by atoms with E-state index in [0.717, 1.165) is 22.3 Å². The summed E-state index contributed by atoms with van der Waals surface area (Å²) < 4.78 is 7.08. The van der Waals surface area contributed by atoms with Crippen molar-refractivity contribution in [2.24, 2.45) is 0 Å². The molecule has 0 saturated heterocycles. The van der Waals surface area contributed by atoms with E-state index in [1.54, 1.807) is 0 Å². The Bertz CT molecular complexity index is 1490. The maximum atomic E-state index is 13.5. The molecule has 37 heavy (non-hydrogen) atoms. The molecule has 0 aliphatic carbocycles. The lowest BCUT2D eigenvalue weighted by Gasteiger charge is -2.25. The van der Waals surface area contributed by atoms with Crippen LogP contribution in [0.2, 0.25) is 0 Å². The fourth-order valence-electron chi connectivity index (χ4n) is 4.01. The SMILES string of the molecule is Cc1ccc(OCCC(=O)N(Cc2ccccc2)c2c(N)n(Cc3ccccc3)c(=O)[nH]c2=O)cc1C. The molecule has 0 saturated carbocycles. The molecule has 8 nitrogen and oxygen atoms in total. The number of nitrogens with one attached hydrogen (secondary N) is 1. The smallest absolute Gasteiger partial charge is 0.330 e. The van der Waals surface area contributed by atoms with E-state index in [1.807, 2.05) is 92.7 Å². The zero-order valence-corrected chi connectivity index (χ0v) is 20.9. The molecule has 0 bridgehead atoms. The summed E-state index contributed by atoms with van der Waals surface area (Å²) in [5.74, 6) is 0.242. The highest BCUT2D eigenvalue weighted by molar-refractivity contribution is 5.95. The number of hydrogen-bond donors (Lipinski definition) is 2. The van der Waals surface area contributed by atoms with Gasteiger partial charge >= 0.3 is 5.69 Å². The summed E-state index contributed by atoms with van der Waals surface area (Å²) in [5.41, 5.74) is 8.86. The number of nitrogen functional groups attached to an aromatic ring is 1. The summed E-state index contributed by atoms with van der Waals surface area (Å²) in [7, 11) is 0. The molecule has 0 unspecified atom stereocenters. The first-order valence-electron chi connectivity index (χ1n) is 12.0. The van der Waals surface area contributed by atoms with Crippen molar-refractivity contribution in [3.05, 3.63) is 122 Å². The van der Waals surface area contributed by atoms with Crippen LogP contribution >= 0.6 is 0 Å². The molecule has 1 aromatic heterocycles. The number of hydrogen-bond acceptors (Lipinski definition) is 5. The first-order valence-corrected chi connectivity index (χ1v) is 12.0. The molecule has 8 heteroatoms. The number of amides is 1. The fraction of sp³-hybridized carbons (Fsp3) is 0.207. The number of carbonyl (C=O) groups excluding carboxylic acids is 1. The minimum atomic E-state index is -0.717. The standard InChI is InChI=1S/C29H30N4O4/c1-20-13-14-24(17-21(20)2)37-16-15-25(34)32(18-22-9-5-3-6-10-22)26-27(30)33(29(36)31-28(26)35)19-23-11-7-4-8-12-23/h3-14,17H,15-16,18-19,30H2,1-2H3,(H,31,35,36). The highest BCUT2D eigenvalue weighted by atomic mass is 16.5. The monoisotopic (exact) mass is 498 g/mol. The normalized spacial score (nSPS) is 10.8. The topological polar surface area (TPSA) is 110 Å². The van der Waals surface area contributed by atoms with E-state index in [-0.39, 0.29) is 43.5 Å². The number of nitrogens with two attached hydrogens (primary N) is 1. The molecule has 0 atom stereocenters. The number of aromatic amines is 1. The molecular weight excluding hydrogens is 468 g/mol. The van der Waals surface area contributed by atoms with Crippen LogP contribution in [0, 0.1) is 13.8 Å². The first kappa shape index (κ1) is 25.5. The number of aromatic nitrogens is 2. The zero-order chi connectivity index (χ0) is 26.4. The van der Waals surface area contributed by atoms with Gasteiger partial charge in [0.1, 0.15) is 11.6 Å². The van der Waals surface area contributed by atoms with E-state index in [9.17, 15) is 14.4 Å². The third kappa shape index (κ3) is 6.16. The van der Waals surface area contributed by atoms with Gasteiger partial charge in [-0.1, -0.05) is 66.7 Å². The maximum Gasteiger partial charge on any atom is 0.330 e. The molecule has 0 spiro atoms. The van der Waals surface area contributed by atoms with Crippen LogP contribution in [-0.2, 0) is 17.9 Å². The van der Waals surface area contributed by atoms with Crippen LogP contribution in [-0.4, -0.2) is 22.1 Å². The molecule has 4 rings (SSSR count). The molecule has 1 heterocycles. The third-order valence-electron chi connectivity index (χ3n) is 6.22. The Morgan fingerprint density at radius 3 is 2.22 bits per heavy atom. The van der Waals surface area contributed by atoms with Crippen LogP contribution in [0.25, 0.3) is 0 Å². The van der Waals surface area contributed by atoms with Crippen LogP contribution < -0.4 is 26.6 Å². The summed E-state index contributed by atoms with van der Waals surface area (Å²) in [4.78, 5) is 42.8. The Balaban J connectivity index is 1.64. The Hall–Kier alpha value is -4.59. The van der Waals surface area contributed by atoms with Gasteiger partial charge in [-0.25, -0.2) is 4.79 Å². The van der Waals surface area contributed by atoms with Gasteiger partial charge in [-0.05, 0) is 48.2 Å². The van der Waals surface area contributed by atoms with Crippen molar-refractivity contribution in [2.45, 2.75) is 33.4 Å². The van der Waals surface area contributed by atoms with Gasteiger partial charge in [0.2, 0.25) is 5.91 Å². The molecule has 0 fully saturated rings. The van der Waals surface area contributed by atoms with Gasteiger partial charge in [-0.15, -0.1) is 0 Å². The largest absolute Gasteiger partial charge is 0.493 e. The lowest BCUT2D eigenvalue weighted by atomic mass is 10.1. The van der Waals surface area contributed by atoms with Gasteiger partial charge in [0.15, 0.2) is 5.69 Å². The summed E-state index contributed by atoms with van der Waals surface area (Å²) in [6.07, 6.45) is 0.0104. The molecule has 4 aromatic rings. The third-order valence-corrected chi connectivity index (χ3v) is 6.22. The maximum absolute atomic E-state index is 13.5. The van der Waals surface area contributed by atoms with Gasteiger partial charge in [-0.2, -0.15) is 0 Å². The molecular formula is C29H30N4O4. The summed E-state index contributed by atoms with van der Waals surface area (Å²) >= 11 is 0. The lowest BCUT2D eigenvalue weighted by molar-refractivity contribution is -0.119. The van der Waals surface area contributed by atoms with Crippen molar-refractivity contribution in [1.82, 2.24) is 9.55 Å². The van der Waals surface area contributed by atoms with E-state index >= 15 is 0 Å². The van der Waals surface area contributed by atoms with E-state index in [4.69, 9.17) is 10.5 Å². The Kier molecular flexibility index (Phi) is 7.88. The number of carbonyl (C=O) groups is 1. The number of aryl methyl sites for hydroxylation is 2. The first-order chi connectivity index (χ1) is 17.8. The van der Waals surface area contributed by atoms with Crippen LogP contribution in [0.4, 0.5) is 11.5 Å². The van der Waals surface area contributed by atoms with Gasteiger partial charge < -0.3 is 10.5 Å². The molecule has 3 N–H and O–H groups in total. The minimum absolute atomic E-state index is 0.0104. The van der Waals surface area contributed by atoms with Crippen LogP contribution in [0.15, 0.2) is 88.5 Å². The van der Waals surface area contributed by atoms with Crippen molar-refractivity contribution in [1.29, 1.82) is 0 Å². The zero-order valence-electron chi connectivity index (χ0n) is 20.9. The predicted octanol–water partition coefficient (Wildman–Crippen LogP) is 3.79. The molecule has 0 aliphatic heterocycles. The Labute approximate surface area is 215 Å². The number of H-pyrrole nitrogens is 1. The molecule has 3 aromatic carbocycles. The average molecular weight is 499 g/mol. The van der Waals surface area contributed by atoms with Crippen molar-refractivity contribution in [3.63, 3.8) is 0 Å². The second-order valence-electron chi connectivity index (χ2n) is 8.87. The van der Waals surface area contributed by atoms with E-state index < -0.39 is 11.2 Å². The van der Waals surface area contributed by atoms with Crippen molar-refractivity contribution in [2.75, 3.05) is 17.2 Å². The fourth-order valence-corrected chi connectivity index (χ4v) is 4.01. The van der Waals surface area contributed by atoms with Gasteiger partial charge in [0.05, 0.1) is 26.1 Å². The molecule has 1 amide bonds. The van der Waals surface area contributed by atoms with Crippen molar-refractivity contribution in [3.8, 4) is 5.75 Å². The number of ether oxygens (including phenoxy) is 1. The second-order valence-corrected chi connectivity index (χ2v) is 8.87. The average Bonchev–Trinajstić information content (AvgIpc) is 2.89. The molecule has 190 valence electrons. The van der Waals surface area contributed by atoms with Gasteiger partial charge in [0.25, 0.3) is 5.56 Å². The van der Waals surface area contributed by atoms with E-state index in [0.29, 0.717) is 5.75 Å². The number of rotatable bonds is 9. The van der Waals surface area contributed by atoms with E-state index in [2.05, 4.69) is 4.98 Å². The number of nitrogens with zero attached hydrogens (tertiary/aromatic N) is 2. The van der Waals surface area contributed by atoms with Crippen molar-refractivity contribution >= 4 is 17.4 Å². The highest BCUT2D eigenvalue weighted by Crippen LogP contribution is 2.22. The van der Waals surface area contributed by atoms with Gasteiger partial charge in [-0.3, -0.25) is 24.0 Å². The molecule has 0 aliphatic rings. The van der Waals surface area contributed by atoms with Crippen LogP contribution in [0.5, 0.6) is 5.75 Å². The number of benzene rings is 3. The second kappa shape index (κ2) is 11.4. The quantitative estimate of drug-likeness (QED) is 0.365. The van der Waals surface area contributed by atoms with Crippen LogP contribution in [0.1, 0.15) is 28.7 Å². The number of anilines is 2. The minimum Gasteiger partial charge on any atom is -0.493 e. The van der Waals surface area contributed by atoms with Crippen molar-refractivity contribution < 1.29 is 9.53 Å². The Morgan fingerprint density at radius 2 is 1.57 bits per heavy atom. The van der Waals surface area contributed by atoms with Gasteiger partial charge in [0, 0.05) is 0 Å². The lowest BCUT2D eigenvalue weighted by Crippen LogP contribution is -2.41. The summed E-state index contributed by atoms with van der Waals surface area (Å²) in [6, 6.07) is 24.3. The van der Waals surface area contributed by atoms with Crippen LogP contribution in [0.3, 0.4) is 0 Å².